The molecule has 2 aromatic rings. The normalized spacial score (nSPS) is 12.1. The summed E-state index contributed by atoms with van der Waals surface area (Å²) in [4.78, 5) is 15.4. The standard InChI is InChI=1S/C24H34NO5P/c1-3-5-7-9-18-29-31(28,30-19-10-8-6-4-2)22-13-11-12-20-14-15-21(25-24(20)22)16-17-23(26)27/h11-17H,3-10,18-19H2,1-2H3,(H,26,27). The Morgan fingerprint density at radius 2 is 1.61 bits per heavy atom. The fourth-order valence-electron chi connectivity index (χ4n) is 3.22. The van der Waals surface area contributed by atoms with Crippen molar-refractivity contribution in [1.82, 2.24) is 4.98 Å². The summed E-state index contributed by atoms with van der Waals surface area (Å²) in [6, 6.07) is 9.00. The van der Waals surface area contributed by atoms with Crippen LogP contribution in [-0.4, -0.2) is 29.3 Å². The van der Waals surface area contributed by atoms with Crippen LogP contribution in [0.2, 0.25) is 0 Å². The predicted octanol–water partition coefficient (Wildman–Crippen LogP) is 6.34. The van der Waals surface area contributed by atoms with Gasteiger partial charge in [0.2, 0.25) is 0 Å². The molecule has 0 saturated heterocycles. The molecule has 1 N–H and O–H groups in total. The molecule has 0 atom stereocenters. The lowest BCUT2D eigenvalue weighted by molar-refractivity contribution is -0.131. The van der Waals surface area contributed by atoms with E-state index in [1.165, 1.54) is 6.08 Å². The molecule has 1 heterocycles. The summed E-state index contributed by atoms with van der Waals surface area (Å²) in [5.74, 6) is -1.05. The van der Waals surface area contributed by atoms with Crippen molar-refractivity contribution in [2.24, 2.45) is 0 Å². The molecule has 0 saturated carbocycles. The van der Waals surface area contributed by atoms with Crippen LogP contribution in [0.15, 0.2) is 36.4 Å². The maximum atomic E-state index is 13.9. The summed E-state index contributed by atoms with van der Waals surface area (Å²) in [6.07, 6.45) is 10.6. The number of benzene rings is 1. The van der Waals surface area contributed by atoms with Crippen LogP contribution in [0, 0.1) is 0 Å². The number of hydrogen-bond acceptors (Lipinski definition) is 5. The lowest BCUT2D eigenvalue weighted by Gasteiger charge is -2.20. The van der Waals surface area contributed by atoms with E-state index in [0.29, 0.717) is 29.7 Å². The number of para-hydroxylation sites is 1. The van der Waals surface area contributed by atoms with Gasteiger partial charge in [0.15, 0.2) is 0 Å². The van der Waals surface area contributed by atoms with Gasteiger partial charge < -0.3 is 14.2 Å². The summed E-state index contributed by atoms with van der Waals surface area (Å²) in [5.41, 5.74) is 0.986. The van der Waals surface area contributed by atoms with Crippen LogP contribution in [0.25, 0.3) is 17.0 Å². The number of hydrogen-bond donors (Lipinski definition) is 1. The van der Waals surface area contributed by atoms with Gasteiger partial charge in [0.25, 0.3) is 0 Å². The van der Waals surface area contributed by atoms with Gasteiger partial charge >= 0.3 is 13.6 Å². The van der Waals surface area contributed by atoms with E-state index < -0.39 is 13.6 Å². The maximum Gasteiger partial charge on any atom is 0.363 e. The zero-order valence-electron chi connectivity index (χ0n) is 18.6. The molecule has 0 aliphatic heterocycles. The van der Waals surface area contributed by atoms with Crippen LogP contribution < -0.4 is 5.30 Å². The Kier molecular flexibility index (Phi) is 10.9. The highest BCUT2D eigenvalue weighted by Crippen LogP contribution is 2.48. The average Bonchev–Trinajstić information content (AvgIpc) is 2.77. The molecule has 0 amide bonds. The molecule has 0 aliphatic rings. The number of nitrogens with zero attached hydrogens (tertiary/aromatic N) is 1. The molecule has 0 fully saturated rings. The number of pyridine rings is 1. The lowest BCUT2D eigenvalue weighted by atomic mass is 10.2. The molecular weight excluding hydrogens is 413 g/mol. The lowest BCUT2D eigenvalue weighted by Crippen LogP contribution is -2.14. The first-order valence-electron chi connectivity index (χ1n) is 11.2. The van der Waals surface area contributed by atoms with Crippen LogP contribution in [0.5, 0.6) is 0 Å². The fraction of sp³-hybridized carbons (Fsp3) is 0.500. The topological polar surface area (TPSA) is 85.7 Å². The Hall–Kier alpha value is -2.01. The molecule has 0 radical (unpaired) electrons. The molecule has 7 heteroatoms. The van der Waals surface area contributed by atoms with E-state index in [0.717, 1.165) is 62.8 Å². The number of unbranched alkanes of at least 4 members (excludes halogenated alkanes) is 6. The van der Waals surface area contributed by atoms with Gasteiger partial charge in [0.05, 0.1) is 29.7 Å². The number of carboxylic acids is 1. The number of rotatable bonds is 15. The Morgan fingerprint density at radius 1 is 0.968 bits per heavy atom. The number of carboxylic acid groups (broad SMARTS) is 1. The SMILES string of the molecule is CCCCCCOP(=O)(OCCCCCC)c1cccc2ccc(C=CC(=O)O)nc12. The van der Waals surface area contributed by atoms with Gasteiger partial charge in [-0.05, 0) is 31.1 Å². The summed E-state index contributed by atoms with van der Waals surface area (Å²) >= 11 is 0. The first-order chi connectivity index (χ1) is 15.0. The Balaban J connectivity index is 2.31. The maximum absolute atomic E-state index is 13.9. The number of aromatic nitrogens is 1. The zero-order chi connectivity index (χ0) is 22.5. The second kappa shape index (κ2) is 13.4. The van der Waals surface area contributed by atoms with Crippen molar-refractivity contribution < 1.29 is 23.5 Å². The summed E-state index contributed by atoms with van der Waals surface area (Å²) in [5, 5.41) is 10.1. The van der Waals surface area contributed by atoms with Crippen LogP contribution >= 0.6 is 7.60 Å². The third-order valence-corrected chi connectivity index (χ3v) is 6.93. The average molecular weight is 448 g/mol. The number of aliphatic carboxylic acids is 1. The van der Waals surface area contributed by atoms with Crippen molar-refractivity contribution in [3.8, 4) is 0 Å². The highest BCUT2D eigenvalue weighted by Gasteiger charge is 2.30. The van der Waals surface area contributed by atoms with E-state index in [1.807, 2.05) is 18.2 Å². The number of fused-ring (bicyclic) bond motifs is 1. The van der Waals surface area contributed by atoms with Crippen LogP contribution in [0.1, 0.15) is 70.9 Å². The first-order valence-corrected chi connectivity index (χ1v) is 12.7. The molecular formula is C24H34NO5P. The molecule has 2 rings (SSSR count). The summed E-state index contributed by atoms with van der Waals surface area (Å²) < 4.78 is 25.7. The van der Waals surface area contributed by atoms with Gasteiger partial charge in [-0.1, -0.05) is 70.6 Å². The summed E-state index contributed by atoms with van der Waals surface area (Å²) in [7, 11) is -3.58. The van der Waals surface area contributed by atoms with E-state index in [1.54, 1.807) is 12.1 Å². The number of carbonyl (C=O) groups is 1. The molecule has 0 bridgehead atoms. The highest BCUT2D eigenvalue weighted by molar-refractivity contribution is 7.62. The minimum Gasteiger partial charge on any atom is -0.478 e. The Labute approximate surface area is 185 Å². The van der Waals surface area contributed by atoms with Gasteiger partial charge in [-0.2, -0.15) is 0 Å². The van der Waals surface area contributed by atoms with Gasteiger partial charge in [-0.15, -0.1) is 0 Å². The Bertz CT molecular complexity index is 894. The molecule has 0 aliphatic carbocycles. The molecule has 6 nitrogen and oxygen atoms in total. The molecule has 1 aromatic carbocycles. The third-order valence-electron chi connectivity index (χ3n) is 4.93. The van der Waals surface area contributed by atoms with E-state index in [9.17, 15) is 9.36 Å². The molecule has 170 valence electrons. The van der Waals surface area contributed by atoms with Crippen molar-refractivity contribution in [3.63, 3.8) is 0 Å². The minimum absolute atomic E-state index is 0.362. The van der Waals surface area contributed by atoms with Crippen LogP contribution in [-0.2, 0) is 18.4 Å². The molecule has 31 heavy (non-hydrogen) atoms. The van der Waals surface area contributed by atoms with Crippen LogP contribution in [0.3, 0.4) is 0 Å². The van der Waals surface area contributed by atoms with Gasteiger partial charge in [-0.25, -0.2) is 9.78 Å². The first kappa shape index (κ1) is 25.3. The van der Waals surface area contributed by atoms with Crippen molar-refractivity contribution >= 4 is 35.8 Å². The second-order valence-electron chi connectivity index (χ2n) is 7.54. The van der Waals surface area contributed by atoms with Gasteiger partial charge in [0, 0.05) is 11.5 Å². The fourth-order valence-corrected chi connectivity index (χ4v) is 5.02. The van der Waals surface area contributed by atoms with E-state index in [2.05, 4.69) is 18.8 Å². The van der Waals surface area contributed by atoms with E-state index >= 15 is 0 Å². The zero-order valence-corrected chi connectivity index (χ0v) is 19.5. The quantitative estimate of drug-likeness (QED) is 0.195. The molecule has 0 unspecified atom stereocenters. The Morgan fingerprint density at radius 3 is 2.19 bits per heavy atom. The second-order valence-corrected chi connectivity index (χ2v) is 9.53. The van der Waals surface area contributed by atoms with Gasteiger partial charge in [0.1, 0.15) is 0 Å². The van der Waals surface area contributed by atoms with Crippen LogP contribution in [0.4, 0.5) is 0 Å². The monoisotopic (exact) mass is 447 g/mol. The summed E-state index contributed by atoms with van der Waals surface area (Å²) in [6.45, 7) is 5.01. The van der Waals surface area contributed by atoms with E-state index in [4.69, 9.17) is 14.2 Å². The van der Waals surface area contributed by atoms with Crippen molar-refractivity contribution in [2.45, 2.75) is 65.2 Å². The van der Waals surface area contributed by atoms with Gasteiger partial charge in [-0.3, -0.25) is 4.57 Å². The predicted molar refractivity (Wildman–Crippen MR) is 126 cm³/mol. The third kappa shape index (κ3) is 8.21. The molecule has 0 spiro atoms. The molecule has 1 aromatic heterocycles. The highest BCUT2D eigenvalue weighted by atomic mass is 31.2. The van der Waals surface area contributed by atoms with Crippen molar-refractivity contribution in [1.29, 1.82) is 0 Å². The van der Waals surface area contributed by atoms with Crippen molar-refractivity contribution in [2.75, 3.05) is 13.2 Å². The smallest absolute Gasteiger partial charge is 0.363 e. The minimum atomic E-state index is -3.58. The van der Waals surface area contributed by atoms with Crippen molar-refractivity contribution in [3.05, 3.63) is 42.1 Å². The largest absolute Gasteiger partial charge is 0.478 e. The van der Waals surface area contributed by atoms with E-state index in [-0.39, 0.29) is 0 Å².